The fourth-order valence-electron chi connectivity index (χ4n) is 2.53. The zero-order chi connectivity index (χ0) is 15.9. The fraction of sp³-hybridized carbons (Fsp3) is 0.462. The van der Waals surface area contributed by atoms with Crippen molar-refractivity contribution in [2.24, 2.45) is 0 Å². The summed E-state index contributed by atoms with van der Waals surface area (Å²) in [4.78, 5) is 28.0. The van der Waals surface area contributed by atoms with Gasteiger partial charge in [-0.15, -0.1) is 0 Å². The highest BCUT2D eigenvalue weighted by molar-refractivity contribution is 7.90. The normalized spacial score (nSPS) is 15.7. The Bertz CT molecular complexity index is 868. The third kappa shape index (κ3) is 2.81. The van der Waals surface area contributed by atoms with Gasteiger partial charge >= 0.3 is 0 Å². The first kappa shape index (κ1) is 14.9. The Morgan fingerprint density at radius 2 is 2.18 bits per heavy atom. The second-order valence-electron chi connectivity index (χ2n) is 5.50. The molecule has 118 valence electrons. The number of fused-ring (bicyclic) bond motifs is 1. The molecule has 2 aromatic rings. The van der Waals surface area contributed by atoms with Crippen LogP contribution in [0.1, 0.15) is 22.6 Å². The zero-order valence-electron chi connectivity index (χ0n) is 12.4. The smallest absolute Gasteiger partial charge is 0.256 e. The maximum Gasteiger partial charge on any atom is 0.256 e. The molecular weight excluding hydrogens is 306 g/mol. The van der Waals surface area contributed by atoms with Gasteiger partial charge in [-0.05, 0) is 6.92 Å². The van der Waals surface area contributed by atoms with Crippen LogP contribution in [0, 0.1) is 6.92 Å². The molecular formula is C13H17N5O3S. The van der Waals surface area contributed by atoms with Crippen LogP contribution in [0.15, 0.2) is 16.3 Å². The highest BCUT2D eigenvalue weighted by Gasteiger charge is 2.24. The molecule has 3 rings (SSSR count). The summed E-state index contributed by atoms with van der Waals surface area (Å²) in [6, 6.07) is 0. The molecule has 0 bridgehead atoms. The molecule has 0 spiro atoms. The van der Waals surface area contributed by atoms with Crippen molar-refractivity contribution in [1.82, 2.24) is 24.8 Å². The van der Waals surface area contributed by atoms with Gasteiger partial charge < -0.3 is 4.98 Å². The van der Waals surface area contributed by atoms with E-state index < -0.39 is 9.84 Å². The fourth-order valence-corrected chi connectivity index (χ4v) is 3.08. The first-order chi connectivity index (χ1) is 10.3. The lowest BCUT2D eigenvalue weighted by atomic mass is 10.1. The zero-order valence-corrected chi connectivity index (χ0v) is 13.2. The molecule has 8 nitrogen and oxygen atoms in total. The second-order valence-corrected chi connectivity index (χ2v) is 7.43. The minimum atomic E-state index is -3.51. The Hall–Kier alpha value is -2.00. The molecule has 0 radical (unpaired) electrons. The molecule has 0 saturated carbocycles. The van der Waals surface area contributed by atoms with Crippen molar-refractivity contribution < 1.29 is 8.42 Å². The molecule has 0 amide bonds. The van der Waals surface area contributed by atoms with Gasteiger partial charge in [0.25, 0.3) is 5.56 Å². The third-order valence-corrected chi connectivity index (χ3v) is 4.68. The van der Waals surface area contributed by atoms with Crippen molar-refractivity contribution in [3.8, 4) is 0 Å². The average molecular weight is 323 g/mol. The molecule has 0 saturated heterocycles. The Labute approximate surface area is 127 Å². The summed E-state index contributed by atoms with van der Waals surface area (Å²) in [6.07, 6.45) is 3.23. The predicted molar refractivity (Wildman–Crippen MR) is 79.1 cm³/mol. The van der Waals surface area contributed by atoms with E-state index >= 15 is 0 Å². The van der Waals surface area contributed by atoms with Gasteiger partial charge in [-0.3, -0.25) is 14.7 Å². The van der Waals surface area contributed by atoms with Gasteiger partial charge in [0.1, 0.15) is 0 Å². The van der Waals surface area contributed by atoms with Crippen LogP contribution in [-0.2, 0) is 29.3 Å². The molecule has 1 aliphatic heterocycles. The number of sulfone groups is 1. The number of hydrogen-bond donors (Lipinski definition) is 2. The van der Waals surface area contributed by atoms with E-state index in [0.717, 1.165) is 17.6 Å². The predicted octanol–water partition coefficient (Wildman–Crippen LogP) is -0.237. The largest absolute Gasteiger partial charge is 0.348 e. The number of imidazole rings is 1. The van der Waals surface area contributed by atoms with E-state index in [0.29, 0.717) is 37.3 Å². The number of aromatic nitrogens is 4. The number of nitrogens with zero attached hydrogens (tertiary/aromatic N) is 3. The van der Waals surface area contributed by atoms with Crippen LogP contribution in [0.25, 0.3) is 0 Å². The van der Waals surface area contributed by atoms with Crippen LogP contribution in [0.5, 0.6) is 0 Å². The Kier molecular flexibility index (Phi) is 3.61. The summed E-state index contributed by atoms with van der Waals surface area (Å²) >= 11 is 0. The summed E-state index contributed by atoms with van der Waals surface area (Å²) in [5.74, 6) is 0. The van der Waals surface area contributed by atoms with Crippen LogP contribution in [-0.4, -0.2) is 46.1 Å². The van der Waals surface area contributed by atoms with Crippen LogP contribution in [0.3, 0.4) is 0 Å². The number of H-pyrrole nitrogens is 2. The molecule has 3 heterocycles. The lowest BCUT2D eigenvalue weighted by molar-refractivity contribution is 0.238. The van der Waals surface area contributed by atoms with Gasteiger partial charge in [-0.1, -0.05) is 0 Å². The van der Waals surface area contributed by atoms with Crippen molar-refractivity contribution >= 4 is 9.84 Å². The maximum atomic E-state index is 12.1. The molecule has 1 aliphatic rings. The van der Waals surface area contributed by atoms with E-state index in [2.05, 4.69) is 24.8 Å². The second kappa shape index (κ2) is 5.33. The molecule has 2 N–H and O–H groups in total. The van der Waals surface area contributed by atoms with Gasteiger partial charge in [0.2, 0.25) is 15.0 Å². The van der Waals surface area contributed by atoms with E-state index in [4.69, 9.17) is 0 Å². The average Bonchev–Trinajstić information content (AvgIpc) is 2.84. The van der Waals surface area contributed by atoms with E-state index in [-0.39, 0.29) is 10.7 Å². The monoisotopic (exact) mass is 323 g/mol. The molecule has 9 heteroatoms. The van der Waals surface area contributed by atoms with Gasteiger partial charge in [0, 0.05) is 38.0 Å². The topological polar surface area (TPSA) is 112 Å². The minimum Gasteiger partial charge on any atom is -0.348 e. The summed E-state index contributed by atoms with van der Waals surface area (Å²) in [5.41, 5.74) is 2.67. The summed E-state index contributed by atoms with van der Waals surface area (Å²) < 4.78 is 23.1. The molecule has 0 unspecified atom stereocenters. The first-order valence-electron chi connectivity index (χ1n) is 6.88. The van der Waals surface area contributed by atoms with Gasteiger partial charge in [-0.25, -0.2) is 18.4 Å². The number of nitrogens with one attached hydrogen (secondary N) is 2. The van der Waals surface area contributed by atoms with Crippen molar-refractivity contribution in [2.45, 2.75) is 31.6 Å². The summed E-state index contributed by atoms with van der Waals surface area (Å²) in [6.45, 7) is 3.74. The molecule has 0 aromatic carbocycles. The van der Waals surface area contributed by atoms with Gasteiger partial charge in [0.05, 0.1) is 23.3 Å². The first-order valence-corrected chi connectivity index (χ1v) is 8.77. The van der Waals surface area contributed by atoms with E-state index in [1.54, 1.807) is 6.33 Å². The van der Waals surface area contributed by atoms with Crippen LogP contribution < -0.4 is 5.56 Å². The maximum absolute atomic E-state index is 12.1. The van der Waals surface area contributed by atoms with E-state index in [9.17, 15) is 13.2 Å². The number of rotatable bonds is 3. The third-order valence-electron chi connectivity index (χ3n) is 3.78. The van der Waals surface area contributed by atoms with E-state index in [1.807, 2.05) is 6.92 Å². The lowest BCUT2D eigenvalue weighted by Gasteiger charge is -2.27. The SMILES string of the molecule is Cc1[nH]cnc1CN1CCc2nc(S(C)(=O)=O)[nH]c(=O)c2C1. The number of aryl methyl sites for hydroxylation is 1. The van der Waals surface area contributed by atoms with Crippen molar-refractivity contribution in [2.75, 3.05) is 12.8 Å². The van der Waals surface area contributed by atoms with Crippen molar-refractivity contribution in [3.05, 3.63) is 39.3 Å². The quantitative estimate of drug-likeness (QED) is 0.754. The minimum absolute atomic E-state index is 0.257. The van der Waals surface area contributed by atoms with Gasteiger partial charge in [-0.2, -0.15) is 0 Å². The van der Waals surface area contributed by atoms with Crippen LogP contribution >= 0.6 is 0 Å². The summed E-state index contributed by atoms with van der Waals surface area (Å²) in [7, 11) is -3.51. The van der Waals surface area contributed by atoms with Crippen LogP contribution in [0.2, 0.25) is 0 Å². The number of aromatic amines is 2. The molecule has 0 atom stereocenters. The molecule has 2 aromatic heterocycles. The van der Waals surface area contributed by atoms with Gasteiger partial charge in [0.15, 0.2) is 0 Å². The van der Waals surface area contributed by atoms with Crippen molar-refractivity contribution in [1.29, 1.82) is 0 Å². The van der Waals surface area contributed by atoms with Crippen molar-refractivity contribution in [3.63, 3.8) is 0 Å². The lowest BCUT2D eigenvalue weighted by Crippen LogP contribution is -2.36. The molecule has 0 fully saturated rings. The Morgan fingerprint density at radius 1 is 1.41 bits per heavy atom. The van der Waals surface area contributed by atoms with E-state index in [1.165, 1.54) is 0 Å². The molecule has 0 aliphatic carbocycles. The van der Waals surface area contributed by atoms with Crippen LogP contribution in [0.4, 0.5) is 0 Å². The Balaban J connectivity index is 1.88. The highest BCUT2D eigenvalue weighted by Crippen LogP contribution is 2.17. The standard InChI is InChI=1S/C13H17N5O3S/c1-8-11(15-7-14-8)6-18-4-3-10-9(5-18)12(19)17-13(16-10)22(2,20)21/h7H,3-6H2,1-2H3,(H,14,15)(H,16,17,19). The number of hydrogen-bond acceptors (Lipinski definition) is 6. The molecule has 22 heavy (non-hydrogen) atoms. The summed E-state index contributed by atoms with van der Waals surface area (Å²) in [5, 5.41) is -0.257. The highest BCUT2D eigenvalue weighted by atomic mass is 32.2. The Morgan fingerprint density at radius 3 is 2.82 bits per heavy atom.